The molecule has 0 fully saturated rings. The zero-order valence-corrected chi connectivity index (χ0v) is 23.3. The van der Waals surface area contributed by atoms with Crippen molar-refractivity contribution in [3.05, 3.63) is 0 Å². The molecule has 6 nitrogen and oxygen atoms in total. The fourth-order valence-corrected chi connectivity index (χ4v) is 3.30. The lowest BCUT2D eigenvalue weighted by molar-refractivity contribution is 0.0661. The average molecular weight is 593 g/mol. The van der Waals surface area contributed by atoms with Crippen molar-refractivity contribution in [1.29, 1.82) is 0 Å². The first-order valence-electron chi connectivity index (χ1n) is 12.3. The molecule has 0 rings (SSSR count). The fourth-order valence-electron chi connectivity index (χ4n) is 2.96. The van der Waals surface area contributed by atoms with E-state index in [4.69, 9.17) is 21.1 Å². The molecule has 8 heteroatoms. The van der Waals surface area contributed by atoms with Gasteiger partial charge in [-0.1, -0.05) is 115 Å². The molecule has 0 aliphatic rings. The van der Waals surface area contributed by atoms with Crippen molar-refractivity contribution in [3.8, 4) is 0 Å². The Bertz CT molecular complexity index is 399. The first kappa shape index (κ1) is 33.7. The third kappa shape index (κ3) is 31.7. The van der Waals surface area contributed by atoms with Crippen LogP contribution in [0.2, 0.25) is 0 Å². The van der Waals surface area contributed by atoms with Gasteiger partial charge in [0, 0.05) is 0 Å². The van der Waals surface area contributed by atoms with Crippen molar-refractivity contribution in [2.75, 3.05) is 23.9 Å². The molecule has 0 N–H and O–H groups in total. The van der Waals surface area contributed by atoms with Crippen LogP contribution < -0.4 is 0 Å². The number of unbranched alkanes of at least 4 members (excludes halogenated alkanes) is 14. The number of halogens is 2. The van der Waals surface area contributed by atoms with Gasteiger partial charge >= 0.3 is 12.3 Å². The van der Waals surface area contributed by atoms with Crippen molar-refractivity contribution < 1.29 is 28.5 Å². The van der Waals surface area contributed by atoms with E-state index in [1.54, 1.807) is 0 Å². The summed E-state index contributed by atoms with van der Waals surface area (Å²) in [6.45, 7) is 5.37. The highest BCUT2D eigenvalue weighted by molar-refractivity contribution is 14.1. The van der Waals surface area contributed by atoms with Crippen LogP contribution in [0.3, 0.4) is 0 Å². The van der Waals surface area contributed by atoms with Gasteiger partial charge in [-0.05, 0) is 35.4 Å². The summed E-state index contributed by atoms with van der Waals surface area (Å²) < 4.78 is 19.1. The second kappa shape index (κ2) is 30.6. The van der Waals surface area contributed by atoms with E-state index in [2.05, 4.69) is 23.3 Å². The molecule has 0 aromatic heterocycles. The van der Waals surface area contributed by atoms with E-state index < -0.39 is 12.3 Å². The second-order valence-corrected chi connectivity index (χ2v) is 8.49. The molecule has 0 saturated carbocycles. The number of alkyl halides is 2. The number of carbonyl (C=O) groups is 2. The molecular weight excluding hydrogens is 547 g/mol. The monoisotopic (exact) mass is 592 g/mol. The molecule has 0 aliphatic carbocycles. The molecule has 0 aromatic carbocycles. The van der Waals surface area contributed by atoms with E-state index in [1.807, 2.05) is 22.6 Å². The maximum Gasteiger partial charge on any atom is 0.509 e. The average Bonchev–Trinajstić information content (AvgIpc) is 2.78. The van der Waals surface area contributed by atoms with Gasteiger partial charge in [0.2, 0.25) is 0 Å². The maximum atomic E-state index is 10.8. The van der Waals surface area contributed by atoms with Crippen LogP contribution in [0.4, 0.5) is 9.59 Å². The number of rotatable bonds is 20. The number of ether oxygens (including phenoxy) is 4. The van der Waals surface area contributed by atoms with Gasteiger partial charge in [0.15, 0.2) is 6.07 Å². The van der Waals surface area contributed by atoms with Crippen molar-refractivity contribution in [2.24, 2.45) is 0 Å². The van der Waals surface area contributed by atoms with E-state index in [1.165, 1.54) is 77.0 Å². The molecule has 0 aromatic rings. The predicted molar refractivity (Wildman–Crippen MR) is 140 cm³/mol. The number of hydrogen-bond donors (Lipinski definition) is 0. The van der Waals surface area contributed by atoms with Crippen molar-refractivity contribution in [1.82, 2.24) is 0 Å². The van der Waals surface area contributed by atoms with Crippen LogP contribution in [0.25, 0.3) is 0 Å². The Hall–Kier alpha value is -0.440. The van der Waals surface area contributed by atoms with Gasteiger partial charge in [0.05, 0.1) is 13.2 Å². The topological polar surface area (TPSA) is 71.1 Å². The number of carbonyl (C=O) groups excluding carboxylic acids is 2. The minimum Gasteiger partial charge on any atom is -0.434 e. The largest absolute Gasteiger partial charge is 0.509 e. The molecule has 0 saturated heterocycles. The summed E-state index contributed by atoms with van der Waals surface area (Å²) in [7, 11) is 0. The zero-order valence-electron chi connectivity index (χ0n) is 20.3. The van der Waals surface area contributed by atoms with E-state index in [9.17, 15) is 9.59 Å². The zero-order chi connectivity index (χ0) is 24.1. The summed E-state index contributed by atoms with van der Waals surface area (Å²) in [5, 5.41) is 0. The van der Waals surface area contributed by atoms with Crippen LogP contribution in [-0.2, 0) is 18.9 Å². The van der Waals surface area contributed by atoms with Crippen LogP contribution >= 0.6 is 34.2 Å². The molecule has 0 radical (unpaired) electrons. The molecular formula is C24H46ClIO6. The lowest BCUT2D eigenvalue weighted by atomic mass is 10.1. The standard InChI is InChI=1S/C13H25ClO3.C11H21IO3/c1-2-3-4-5-6-7-8-9-10-11-16-13(15)17-12-14;1-2-3-4-5-6-7-8-9-14-11(13)15-10-12/h2-12H2,1H3;2-10H2,1H3. The lowest BCUT2D eigenvalue weighted by Crippen LogP contribution is -2.07. The van der Waals surface area contributed by atoms with Crippen LogP contribution in [-0.4, -0.2) is 36.2 Å². The minimum atomic E-state index is -0.667. The van der Waals surface area contributed by atoms with Gasteiger partial charge in [-0.3, -0.25) is 0 Å². The molecule has 0 heterocycles. The molecule has 0 bridgehead atoms. The summed E-state index contributed by atoms with van der Waals surface area (Å²) in [6, 6.07) is -0.142. The Morgan fingerprint density at radius 2 is 0.906 bits per heavy atom. The molecule has 32 heavy (non-hydrogen) atoms. The highest BCUT2D eigenvalue weighted by atomic mass is 127. The molecule has 0 spiro atoms. The molecule has 0 amide bonds. The Labute approximate surface area is 214 Å². The van der Waals surface area contributed by atoms with Crippen molar-refractivity contribution in [3.63, 3.8) is 0 Å². The van der Waals surface area contributed by atoms with Crippen molar-refractivity contribution in [2.45, 2.75) is 117 Å². The molecule has 0 aliphatic heterocycles. The van der Waals surface area contributed by atoms with Crippen LogP contribution in [0.1, 0.15) is 117 Å². The summed E-state index contributed by atoms with van der Waals surface area (Å²) >= 11 is 7.17. The Morgan fingerprint density at radius 1 is 0.562 bits per heavy atom. The molecule has 0 atom stereocenters. The first-order chi connectivity index (χ1) is 15.6. The van der Waals surface area contributed by atoms with E-state index in [0.29, 0.717) is 17.8 Å². The van der Waals surface area contributed by atoms with Gasteiger partial charge < -0.3 is 18.9 Å². The lowest BCUT2D eigenvalue weighted by Gasteiger charge is -2.04. The van der Waals surface area contributed by atoms with Crippen LogP contribution in [0, 0.1) is 0 Å². The SMILES string of the molecule is CCCCCCCCCCCOC(=O)OCCl.CCCCCCCCCOC(=O)OCI. The second-order valence-electron chi connectivity index (χ2n) is 7.65. The summed E-state index contributed by atoms with van der Waals surface area (Å²) in [6.07, 6.45) is 18.6. The van der Waals surface area contributed by atoms with Gasteiger partial charge in [-0.25, -0.2) is 9.59 Å². The molecule has 0 unspecified atom stereocenters. The fraction of sp³-hybridized carbons (Fsp3) is 0.917. The van der Waals surface area contributed by atoms with Crippen LogP contribution in [0.15, 0.2) is 0 Å². The maximum absolute atomic E-state index is 10.8. The van der Waals surface area contributed by atoms with Crippen LogP contribution in [0.5, 0.6) is 0 Å². The Morgan fingerprint density at radius 3 is 1.25 bits per heavy atom. The summed E-state index contributed by atoms with van der Waals surface area (Å²) in [4.78, 5) is 21.5. The third-order valence-electron chi connectivity index (χ3n) is 4.78. The summed E-state index contributed by atoms with van der Waals surface area (Å²) in [5.74, 6) is 0. The first-order valence-corrected chi connectivity index (χ1v) is 14.4. The van der Waals surface area contributed by atoms with Crippen molar-refractivity contribution >= 4 is 46.5 Å². The minimum absolute atomic E-state index is 0.142. The third-order valence-corrected chi connectivity index (χ3v) is 5.20. The van der Waals surface area contributed by atoms with Gasteiger partial charge in [0.25, 0.3) is 0 Å². The van der Waals surface area contributed by atoms with Gasteiger partial charge in [0.1, 0.15) is 4.61 Å². The van der Waals surface area contributed by atoms with E-state index in [0.717, 1.165) is 25.7 Å². The van der Waals surface area contributed by atoms with E-state index in [-0.39, 0.29) is 6.07 Å². The Kier molecular flexibility index (Phi) is 32.2. The summed E-state index contributed by atoms with van der Waals surface area (Å²) in [5.41, 5.74) is 0. The Balaban J connectivity index is 0. The highest BCUT2D eigenvalue weighted by Crippen LogP contribution is 2.10. The quantitative estimate of drug-likeness (QED) is 0.0607. The predicted octanol–water partition coefficient (Wildman–Crippen LogP) is 9.15. The normalized spacial score (nSPS) is 10.1. The van der Waals surface area contributed by atoms with Gasteiger partial charge in [-0.2, -0.15) is 0 Å². The number of hydrogen-bond acceptors (Lipinski definition) is 6. The van der Waals surface area contributed by atoms with E-state index >= 15 is 0 Å². The molecule has 192 valence electrons. The highest BCUT2D eigenvalue weighted by Gasteiger charge is 2.02. The smallest absolute Gasteiger partial charge is 0.434 e. The van der Waals surface area contributed by atoms with Gasteiger partial charge in [-0.15, -0.1) is 0 Å².